The van der Waals surface area contributed by atoms with Crippen LogP contribution in [0.1, 0.15) is 22.8 Å². The Morgan fingerprint density at radius 2 is 1.96 bits per heavy atom. The minimum atomic E-state index is -0.585. The molecule has 0 aromatic heterocycles. The van der Waals surface area contributed by atoms with Crippen LogP contribution >= 0.6 is 0 Å². The maximum atomic E-state index is 11.5. The second-order valence-corrected chi connectivity index (χ2v) is 4.40. The molecule has 7 nitrogen and oxygen atoms in total. The molecule has 7 heteroatoms. The molecule has 0 saturated carbocycles. The lowest BCUT2D eigenvalue weighted by molar-refractivity contribution is -0.384. The van der Waals surface area contributed by atoms with Crippen LogP contribution in [0.3, 0.4) is 0 Å². The molecule has 0 aliphatic rings. The Morgan fingerprint density at radius 1 is 1.26 bits per heavy atom. The Bertz CT molecular complexity index is 778. The first kappa shape index (κ1) is 16.0. The van der Waals surface area contributed by atoms with E-state index in [1.807, 2.05) is 6.07 Å². The molecule has 0 amide bonds. The number of carbonyl (C=O) groups is 1. The van der Waals surface area contributed by atoms with Crippen LogP contribution in [0.25, 0.3) is 0 Å². The zero-order valence-electron chi connectivity index (χ0n) is 12.2. The molecular formula is C16H12N2O5. The van der Waals surface area contributed by atoms with Gasteiger partial charge < -0.3 is 9.47 Å². The molecule has 0 bridgehead atoms. The van der Waals surface area contributed by atoms with E-state index in [0.717, 1.165) is 6.07 Å². The van der Waals surface area contributed by atoms with Gasteiger partial charge in [0.05, 0.1) is 17.1 Å². The van der Waals surface area contributed by atoms with Gasteiger partial charge in [-0.3, -0.25) is 10.1 Å². The standard InChI is InChI=1S/C16H12N2O5/c1-2-22-16(19)11-3-6-14(7-4-11)23-15-8-5-13(18(20)21)9-12(15)10-17/h3-9H,2H2,1H3. The van der Waals surface area contributed by atoms with Gasteiger partial charge in [0.25, 0.3) is 5.69 Å². The van der Waals surface area contributed by atoms with Crippen LogP contribution in [0.5, 0.6) is 11.5 Å². The summed E-state index contributed by atoms with van der Waals surface area (Å²) in [7, 11) is 0. The molecule has 0 spiro atoms. The SMILES string of the molecule is CCOC(=O)c1ccc(Oc2ccc([N+](=O)[O-])cc2C#N)cc1. The predicted molar refractivity (Wildman–Crippen MR) is 80.3 cm³/mol. The normalized spacial score (nSPS) is 9.74. The lowest BCUT2D eigenvalue weighted by Crippen LogP contribution is -2.04. The maximum absolute atomic E-state index is 11.5. The van der Waals surface area contributed by atoms with E-state index < -0.39 is 10.9 Å². The number of nitro groups is 1. The zero-order valence-corrected chi connectivity index (χ0v) is 12.2. The summed E-state index contributed by atoms with van der Waals surface area (Å²) in [4.78, 5) is 21.7. The van der Waals surface area contributed by atoms with Crippen molar-refractivity contribution in [3.63, 3.8) is 0 Å². The molecule has 0 radical (unpaired) electrons. The van der Waals surface area contributed by atoms with Gasteiger partial charge >= 0.3 is 5.97 Å². The van der Waals surface area contributed by atoms with Crippen molar-refractivity contribution < 1.29 is 19.2 Å². The van der Waals surface area contributed by atoms with Crippen molar-refractivity contribution in [2.24, 2.45) is 0 Å². The third-order valence-electron chi connectivity index (χ3n) is 2.89. The van der Waals surface area contributed by atoms with Crippen molar-refractivity contribution in [2.45, 2.75) is 6.92 Å². The fraction of sp³-hybridized carbons (Fsp3) is 0.125. The Kier molecular flexibility index (Phi) is 4.89. The maximum Gasteiger partial charge on any atom is 0.338 e. The molecule has 0 heterocycles. The lowest BCUT2D eigenvalue weighted by Gasteiger charge is -2.08. The molecule has 0 saturated heterocycles. The first-order valence-electron chi connectivity index (χ1n) is 6.68. The van der Waals surface area contributed by atoms with Gasteiger partial charge in [0.15, 0.2) is 0 Å². The van der Waals surface area contributed by atoms with Crippen LogP contribution < -0.4 is 4.74 Å². The van der Waals surface area contributed by atoms with Crippen LogP contribution in [0.4, 0.5) is 5.69 Å². The minimum absolute atomic E-state index is 0.0497. The number of non-ortho nitro benzene ring substituents is 1. The second-order valence-electron chi connectivity index (χ2n) is 4.40. The molecule has 0 fully saturated rings. The van der Waals surface area contributed by atoms with Gasteiger partial charge in [-0.2, -0.15) is 5.26 Å². The summed E-state index contributed by atoms with van der Waals surface area (Å²) in [5.74, 6) is 0.150. The summed E-state index contributed by atoms with van der Waals surface area (Å²) in [5, 5.41) is 19.8. The van der Waals surface area contributed by atoms with Crippen LogP contribution in [-0.2, 0) is 4.74 Å². The number of carbonyl (C=O) groups excluding carboxylic acids is 1. The average Bonchev–Trinajstić information content (AvgIpc) is 2.56. The molecule has 0 atom stereocenters. The number of esters is 1. The predicted octanol–water partition coefficient (Wildman–Crippen LogP) is 3.44. The highest BCUT2D eigenvalue weighted by molar-refractivity contribution is 5.89. The van der Waals surface area contributed by atoms with Crippen LogP contribution in [0, 0.1) is 21.4 Å². The van der Waals surface area contributed by atoms with E-state index in [9.17, 15) is 14.9 Å². The summed E-state index contributed by atoms with van der Waals surface area (Å²) in [6.45, 7) is 2.00. The highest BCUT2D eigenvalue weighted by atomic mass is 16.6. The Hall–Kier alpha value is -3.40. The summed E-state index contributed by atoms with van der Waals surface area (Å²) in [6, 6.07) is 11.8. The van der Waals surface area contributed by atoms with Crippen LogP contribution in [0.2, 0.25) is 0 Å². The van der Waals surface area contributed by atoms with E-state index in [2.05, 4.69) is 0 Å². The zero-order chi connectivity index (χ0) is 16.8. The van der Waals surface area contributed by atoms with Gasteiger partial charge in [-0.05, 0) is 37.3 Å². The number of benzene rings is 2. The number of ether oxygens (including phenoxy) is 2. The van der Waals surface area contributed by atoms with E-state index in [4.69, 9.17) is 14.7 Å². The van der Waals surface area contributed by atoms with Gasteiger partial charge in [-0.25, -0.2) is 4.79 Å². The molecule has 0 aliphatic heterocycles. The molecule has 2 rings (SSSR count). The molecule has 0 aliphatic carbocycles. The number of hydrogen-bond acceptors (Lipinski definition) is 6. The highest BCUT2D eigenvalue weighted by Gasteiger charge is 2.13. The molecule has 116 valence electrons. The van der Waals surface area contributed by atoms with Crippen molar-refractivity contribution in [1.29, 1.82) is 5.26 Å². The fourth-order valence-electron chi connectivity index (χ4n) is 1.81. The molecule has 0 N–H and O–H groups in total. The quantitative estimate of drug-likeness (QED) is 0.476. The average molecular weight is 312 g/mol. The van der Waals surface area contributed by atoms with E-state index in [1.54, 1.807) is 19.1 Å². The molecule has 0 unspecified atom stereocenters. The van der Waals surface area contributed by atoms with Crippen molar-refractivity contribution in [2.75, 3.05) is 6.61 Å². The van der Waals surface area contributed by atoms with Crippen molar-refractivity contribution in [3.8, 4) is 17.6 Å². The Labute approximate surface area is 131 Å². The summed E-state index contributed by atoms with van der Waals surface area (Å²) < 4.78 is 10.4. The second kappa shape index (κ2) is 7.04. The van der Waals surface area contributed by atoms with Crippen LogP contribution in [-0.4, -0.2) is 17.5 Å². The molecular weight excluding hydrogens is 300 g/mol. The van der Waals surface area contributed by atoms with Gasteiger partial charge in [0, 0.05) is 12.1 Å². The van der Waals surface area contributed by atoms with Gasteiger partial charge in [-0.1, -0.05) is 0 Å². The largest absolute Gasteiger partial charge is 0.462 e. The van der Waals surface area contributed by atoms with Crippen molar-refractivity contribution in [1.82, 2.24) is 0 Å². The fourth-order valence-corrected chi connectivity index (χ4v) is 1.81. The number of nitro benzene ring substituents is 1. The van der Waals surface area contributed by atoms with Gasteiger partial charge in [0.2, 0.25) is 0 Å². The van der Waals surface area contributed by atoms with Crippen molar-refractivity contribution in [3.05, 3.63) is 63.7 Å². The van der Waals surface area contributed by atoms with Gasteiger partial charge in [-0.15, -0.1) is 0 Å². The minimum Gasteiger partial charge on any atom is -0.462 e. The van der Waals surface area contributed by atoms with E-state index in [1.165, 1.54) is 24.3 Å². The Balaban J connectivity index is 2.21. The molecule has 2 aromatic rings. The third-order valence-corrected chi connectivity index (χ3v) is 2.89. The van der Waals surface area contributed by atoms with E-state index >= 15 is 0 Å². The smallest absolute Gasteiger partial charge is 0.338 e. The highest BCUT2D eigenvalue weighted by Crippen LogP contribution is 2.28. The van der Waals surface area contributed by atoms with E-state index in [0.29, 0.717) is 11.3 Å². The topological polar surface area (TPSA) is 102 Å². The Morgan fingerprint density at radius 3 is 2.52 bits per heavy atom. The first-order chi connectivity index (χ1) is 11.0. The molecule has 2 aromatic carbocycles. The number of nitriles is 1. The molecule has 23 heavy (non-hydrogen) atoms. The summed E-state index contributed by atoms with van der Waals surface area (Å²) >= 11 is 0. The first-order valence-corrected chi connectivity index (χ1v) is 6.68. The monoisotopic (exact) mass is 312 g/mol. The number of hydrogen-bond donors (Lipinski definition) is 0. The van der Waals surface area contributed by atoms with E-state index in [-0.39, 0.29) is 23.6 Å². The number of rotatable bonds is 5. The van der Waals surface area contributed by atoms with Crippen LogP contribution in [0.15, 0.2) is 42.5 Å². The summed E-state index contributed by atoms with van der Waals surface area (Å²) in [6.07, 6.45) is 0. The number of nitrogens with zero attached hydrogens (tertiary/aromatic N) is 2. The van der Waals surface area contributed by atoms with Gasteiger partial charge in [0.1, 0.15) is 23.1 Å². The third kappa shape index (κ3) is 3.83. The lowest BCUT2D eigenvalue weighted by atomic mass is 10.2. The van der Waals surface area contributed by atoms with Crippen molar-refractivity contribution >= 4 is 11.7 Å². The summed E-state index contributed by atoms with van der Waals surface area (Å²) in [5.41, 5.74) is 0.239.